The number of aromatic nitrogens is 5. The number of aromatic amines is 1. The first-order valence-electron chi connectivity index (χ1n) is 6.34. The van der Waals surface area contributed by atoms with Gasteiger partial charge < -0.3 is 10.1 Å². The fourth-order valence-electron chi connectivity index (χ4n) is 2.32. The highest BCUT2D eigenvalue weighted by Crippen LogP contribution is 2.22. The zero-order valence-electron chi connectivity index (χ0n) is 11.0. The summed E-state index contributed by atoms with van der Waals surface area (Å²) in [7, 11) is 0. The SMILES string of the molecule is O=C(O)c1c[nH]c2ncc(-n3cnc4ccc(Cl)cc43)nc12. The molecule has 1 aromatic carbocycles. The molecule has 0 radical (unpaired) electrons. The van der Waals surface area contributed by atoms with Crippen LogP contribution in [-0.4, -0.2) is 35.6 Å². The van der Waals surface area contributed by atoms with Crippen molar-refractivity contribution >= 4 is 39.8 Å². The van der Waals surface area contributed by atoms with Gasteiger partial charge in [-0.3, -0.25) is 4.57 Å². The third-order valence-corrected chi connectivity index (χ3v) is 3.59. The Morgan fingerprint density at radius 2 is 2.18 bits per heavy atom. The van der Waals surface area contributed by atoms with Gasteiger partial charge in [0.05, 0.1) is 17.2 Å². The van der Waals surface area contributed by atoms with Crippen LogP contribution >= 0.6 is 11.6 Å². The maximum Gasteiger partial charge on any atom is 0.339 e. The molecular weight excluding hydrogens is 306 g/mol. The van der Waals surface area contributed by atoms with Gasteiger partial charge in [0.25, 0.3) is 0 Å². The molecule has 7 nitrogen and oxygen atoms in total. The van der Waals surface area contributed by atoms with Crippen LogP contribution in [0.1, 0.15) is 10.4 Å². The lowest BCUT2D eigenvalue weighted by Crippen LogP contribution is -2.00. The van der Waals surface area contributed by atoms with Gasteiger partial charge in [-0.2, -0.15) is 0 Å². The molecule has 4 rings (SSSR count). The molecule has 0 fully saturated rings. The van der Waals surface area contributed by atoms with Gasteiger partial charge in [0, 0.05) is 11.2 Å². The summed E-state index contributed by atoms with van der Waals surface area (Å²) in [6.45, 7) is 0. The van der Waals surface area contributed by atoms with Gasteiger partial charge in [-0.25, -0.2) is 19.7 Å². The molecule has 22 heavy (non-hydrogen) atoms. The van der Waals surface area contributed by atoms with Crippen molar-refractivity contribution in [2.45, 2.75) is 0 Å². The lowest BCUT2D eigenvalue weighted by molar-refractivity contribution is 0.0699. The summed E-state index contributed by atoms with van der Waals surface area (Å²) in [6.07, 6.45) is 4.52. The number of carboxylic acid groups (broad SMARTS) is 1. The van der Waals surface area contributed by atoms with E-state index in [9.17, 15) is 9.90 Å². The highest BCUT2D eigenvalue weighted by Gasteiger charge is 2.15. The molecule has 0 saturated heterocycles. The molecule has 0 aliphatic heterocycles. The van der Waals surface area contributed by atoms with Crippen LogP contribution in [0, 0.1) is 0 Å². The van der Waals surface area contributed by atoms with Gasteiger partial charge in [0.2, 0.25) is 0 Å². The third kappa shape index (κ3) is 1.83. The van der Waals surface area contributed by atoms with E-state index in [1.807, 2.05) is 0 Å². The number of nitrogens with zero attached hydrogens (tertiary/aromatic N) is 4. The first-order chi connectivity index (χ1) is 10.6. The molecule has 3 heterocycles. The van der Waals surface area contributed by atoms with Crippen LogP contribution in [0.25, 0.3) is 28.0 Å². The minimum atomic E-state index is -1.06. The number of hydrogen-bond donors (Lipinski definition) is 2. The topological polar surface area (TPSA) is 96.7 Å². The van der Waals surface area contributed by atoms with Crippen LogP contribution in [-0.2, 0) is 0 Å². The maximum atomic E-state index is 11.2. The van der Waals surface area contributed by atoms with Crippen LogP contribution in [0.4, 0.5) is 0 Å². The zero-order chi connectivity index (χ0) is 15.3. The van der Waals surface area contributed by atoms with Crippen molar-refractivity contribution in [3.63, 3.8) is 0 Å². The summed E-state index contributed by atoms with van der Waals surface area (Å²) in [5.74, 6) is -0.587. The van der Waals surface area contributed by atoms with Gasteiger partial charge in [0.15, 0.2) is 11.5 Å². The Morgan fingerprint density at radius 1 is 1.32 bits per heavy atom. The molecule has 0 aliphatic carbocycles. The van der Waals surface area contributed by atoms with Crippen molar-refractivity contribution in [1.29, 1.82) is 0 Å². The zero-order valence-corrected chi connectivity index (χ0v) is 11.7. The van der Waals surface area contributed by atoms with Crippen molar-refractivity contribution < 1.29 is 9.90 Å². The number of aromatic carboxylic acids is 1. The number of fused-ring (bicyclic) bond motifs is 2. The Morgan fingerprint density at radius 3 is 3.00 bits per heavy atom. The lowest BCUT2D eigenvalue weighted by Gasteiger charge is -2.03. The summed E-state index contributed by atoms with van der Waals surface area (Å²) in [5, 5.41) is 9.76. The molecule has 2 N–H and O–H groups in total. The molecule has 4 aromatic rings. The van der Waals surface area contributed by atoms with E-state index in [2.05, 4.69) is 19.9 Å². The Kier molecular flexibility index (Phi) is 2.64. The molecule has 0 aliphatic rings. The maximum absolute atomic E-state index is 11.2. The summed E-state index contributed by atoms with van der Waals surface area (Å²) in [4.78, 5) is 26.9. The monoisotopic (exact) mass is 313 g/mol. The Bertz CT molecular complexity index is 1040. The van der Waals surface area contributed by atoms with E-state index >= 15 is 0 Å². The average Bonchev–Trinajstić information content (AvgIpc) is 3.09. The number of benzene rings is 1. The summed E-state index contributed by atoms with van der Waals surface area (Å²) in [6, 6.07) is 5.33. The van der Waals surface area contributed by atoms with Gasteiger partial charge >= 0.3 is 5.97 Å². The van der Waals surface area contributed by atoms with Crippen LogP contribution < -0.4 is 0 Å². The summed E-state index contributed by atoms with van der Waals surface area (Å²) in [5.41, 5.74) is 2.33. The van der Waals surface area contributed by atoms with Gasteiger partial charge in [-0.1, -0.05) is 11.6 Å². The molecule has 0 spiro atoms. The van der Waals surface area contributed by atoms with Gasteiger partial charge in [-0.15, -0.1) is 0 Å². The first-order valence-corrected chi connectivity index (χ1v) is 6.71. The number of hydrogen-bond acceptors (Lipinski definition) is 4. The van der Waals surface area contributed by atoms with E-state index in [1.54, 1.807) is 35.3 Å². The largest absolute Gasteiger partial charge is 0.478 e. The first kappa shape index (κ1) is 12.8. The number of imidazole rings is 1. The fraction of sp³-hybridized carbons (Fsp3) is 0. The smallest absolute Gasteiger partial charge is 0.339 e. The molecule has 0 amide bonds. The van der Waals surface area contributed by atoms with E-state index in [-0.39, 0.29) is 5.56 Å². The molecule has 8 heteroatoms. The second kappa shape index (κ2) is 4.54. The Hall–Kier alpha value is -2.93. The van der Waals surface area contributed by atoms with Crippen molar-refractivity contribution in [1.82, 2.24) is 24.5 Å². The molecule has 3 aromatic heterocycles. The minimum absolute atomic E-state index is 0.0757. The number of nitrogens with one attached hydrogen (secondary N) is 1. The molecule has 0 unspecified atom stereocenters. The molecular formula is C14H8ClN5O2. The average molecular weight is 314 g/mol. The van der Waals surface area contributed by atoms with Crippen LogP contribution in [0.15, 0.2) is 36.9 Å². The van der Waals surface area contributed by atoms with Crippen LogP contribution in [0.2, 0.25) is 5.02 Å². The summed E-state index contributed by atoms with van der Waals surface area (Å²) < 4.78 is 1.71. The van der Waals surface area contributed by atoms with Crippen molar-refractivity contribution in [3.8, 4) is 5.82 Å². The number of halogens is 1. The highest BCUT2D eigenvalue weighted by molar-refractivity contribution is 6.31. The van der Waals surface area contributed by atoms with Crippen molar-refractivity contribution in [2.75, 3.05) is 0 Å². The van der Waals surface area contributed by atoms with Crippen LogP contribution in [0.3, 0.4) is 0 Å². The normalized spacial score (nSPS) is 11.3. The standard InChI is InChI=1S/C14H8ClN5O2/c15-7-1-2-9-10(3-7)20(6-18-9)11-5-17-13-12(19-11)8(4-16-13)14(21)22/h1-6H,(H,16,17)(H,21,22). The Labute approximate surface area is 128 Å². The second-order valence-corrected chi connectivity index (χ2v) is 5.12. The molecule has 0 bridgehead atoms. The Balaban J connectivity index is 1.98. The van der Waals surface area contributed by atoms with E-state index in [0.717, 1.165) is 11.0 Å². The van der Waals surface area contributed by atoms with Crippen molar-refractivity contribution in [2.24, 2.45) is 0 Å². The third-order valence-electron chi connectivity index (χ3n) is 3.35. The highest BCUT2D eigenvalue weighted by atomic mass is 35.5. The molecule has 0 atom stereocenters. The quantitative estimate of drug-likeness (QED) is 0.593. The fourth-order valence-corrected chi connectivity index (χ4v) is 2.49. The van der Waals surface area contributed by atoms with E-state index in [0.29, 0.717) is 22.0 Å². The lowest BCUT2D eigenvalue weighted by atomic mass is 10.3. The minimum Gasteiger partial charge on any atom is -0.478 e. The number of carboxylic acids is 1. The molecule has 0 saturated carbocycles. The summed E-state index contributed by atoms with van der Waals surface area (Å²) >= 11 is 6.02. The number of rotatable bonds is 2. The van der Waals surface area contributed by atoms with E-state index < -0.39 is 5.97 Å². The number of H-pyrrole nitrogens is 1. The van der Waals surface area contributed by atoms with Gasteiger partial charge in [0.1, 0.15) is 17.4 Å². The van der Waals surface area contributed by atoms with Crippen LogP contribution in [0.5, 0.6) is 0 Å². The molecule has 108 valence electrons. The van der Waals surface area contributed by atoms with Crippen molar-refractivity contribution in [3.05, 3.63) is 47.5 Å². The predicted octanol–water partition coefficient (Wildman–Crippen LogP) is 2.65. The second-order valence-electron chi connectivity index (χ2n) is 4.68. The van der Waals surface area contributed by atoms with E-state index in [4.69, 9.17) is 11.6 Å². The van der Waals surface area contributed by atoms with E-state index in [1.165, 1.54) is 6.20 Å². The van der Waals surface area contributed by atoms with Gasteiger partial charge in [-0.05, 0) is 18.2 Å². The number of carbonyl (C=O) groups is 1. The predicted molar refractivity (Wildman–Crippen MR) is 80.5 cm³/mol.